The van der Waals surface area contributed by atoms with E-state index in [1.807, 2.05) is 19.1 Å². The van der Waals surface area contributed by atoms with Crippen molar-refractivity contribution in [3.05, 3.63) is 46.2 Å². The highest BCUT2D eigenvalue weighted by Gasteiger charge is 2.24. The molecule has 7 nitrogen and oxygen atoms in total. The average molecular weight is 312 g/mol. The lowest BCUT2D eigenvalue weighted by Crippen LogP contribution is -2.43. The SMILES string of the molecule is CC1=CC(N)=CCC1NNC1=C(S(=O)(=O)O)CC(N)C=C1. The molecule has 8 heteroatoms. The van der Waals surface area contributed by atoms with Gasteiger partial charge in [0, 0.05) is 18.2 Å². The van der Waals surface area contributed by atoms with E-state index in [9.17, 15) is 13.0 Å². The van der Waals surface area contributed by atoms with Crippen LogP contribution in [-0.4, -0.2) is 25.1 Å². The third-order valence-corrected chi connectivity index (χ3v) is 4.47. The lowest BCUT2D eigenvalue weighted by Gasteiger charge is -2.25. The highest BCUT2D eigenvalue weighted by molar-refractivity contribution is 7.89. The van der Waals surface area contributed by atoms with Gasteiger partial charge in [-0.1, -0.05) is 17.7 Å². The van der Waals surface area contributed by atoms with Crippen LogP contribution in [-0.2, 0) is 10.1 Å². The fourth-order valence-electron chi connectivity index (χ4n) is 2.26. The summed E-state index contributed by atoms with van der Waals surface area (Å²) in [6, 6.07) is -0.428. The van der Waals surface area contributed by atoms with Crippen LogP contribution in [0.4, 0.5) is 0 Å². The molecule has 0 saturated heterocycles. The first-order valence-electron chi connectivity index (χ1n) is 6.57. The van der Waals surface area contributed by atoms with Crippen LogP contribution in [0.5, 0.6) is 0 Å². The second-order valence-corrected chi connectivity index (χ2v) is 6.63. The first-order valence-corrected chi connectivity index (χ1v) is 8.01. The van der Waals surface area contributed by atoms with Gasteiger partial charge in [-0.3, -0.25) is 4.55 Å². The van der Waals surface area contributed by atoms with Crippen molar-refractivity contribution in [3.8, 4) is 0 Å². The highest BCUT2D eigenvalue weighted by Crippen LogP contribution is 2.21. The topological polar surface area (TPSA) is 130 Å². The predicted octanol–water partition coefficient (Wildman–Crippen LogP) is 0.0284. The summed E-state index contributed by atoms with van der Waals surface area (Å²) in [5.74, 6) is 0. The lowest BCUT2D eigenvalue weighted by molar-refractivity contribution is 0.481. The van der Waals surface area contributed by atoms with Gasteiger partial charge in [0.2, 0.25) is 0 Å². The zero-order chi connectivity index (χ0) is 15.6. The van der Waals surface area contributed by atoms with Crippen molar-refractivity contribution in [1.29, 1.82) is 0 Å². The Hall–Kier alpha value is -1.61. The van der Waals surface area contributed by atoms with Crippen molar-refractivity contribution in [2.75, 3.05) is 0 Å². The van der Waals surface area contributed by atoms with Crippen molar-refractivity contribution in [1.82, 2.24) is 10.9 Å². The van der Waals surface area contributed by atoms with Gasteiger partial charge in [-0.05, 0) is 25.5 Å². The monoisotopic (exact) mass is 312 g/mol. The van der Waals surface area contributed by atoms with Crippen molar-refractivity contribution >= 4 is 10.1 Å². The van der Waals surface area contributed by atoms with Crippen molar-refractivity contribution in [2.45, 2.75) is 31.8 Å². The first kappa shape index (κ1) is 15.8. The van der Waals surface area contributed by atoms with Crippen LogP contribution in [0.2, 0.25) is 0 Å². The number of hydrogen-bond acceptors (Lipinski definition) is 6. The number of nitrogens with two attached hydrogens (primary N) is 2. The average Bonchev–Trinajstić information content (AvgIpc) is 2.38. The largest absolute Gasteiger partial charge is 0.399 e. The maximum Gasteiger partial charge on any atom is 0.292 e. The van der Waals surface area contributed by atoms with Gasteiger partial charge in [0.15, 0.2) is 0 Å². The quantitative estimate of drug-likeness (QED) is 0.365. The molecule has 0 radical (unpaired) electrons. The highest BCUT2D eigenvalue weighted by atomic mass is 32.2. The molecule has 0 saturated carbocycles. The Morgan fingerprint density at radius 2 is 2.14 bits per heavy atom. The van der Waals surface area contributed by atoms with Crippen molar-refractivity contribution in [3.63, 3.8) is 0 Å². The van der Waals surface area contributed by atoms with Gasteiger partial charge in [-0.2, -0.15) is 8.42 Å². The second kappa shape index (κ2) is 6.02. The molecule has 0 aromatic rings. The van der Waals surface area contributed by atoms with Crippen LogP contribution >= 0.6 is 0 Å². The molecular weight excluding hydrogens is 292 g/mol. The summed E-state index contributed by atoms with van der Waals surface area (Å²) in [4.78, 5) is -0.113. The van der Waals surface area contributed by atoms with E-state index in [0.29, 0.717) is 17.8 Å². The number of hydrogen-bond donors (Lipinski definition) is 5. The molecule has 0 fully saturated rings. The Bertz CT molecular complexity index is 646. The van der Waals surface area contributed by atoms with E-state index in [-0.39, 0.29) is 17.4 Å². The molecule has 7 N–H and O–H groups in total. The summed E-state index contributed by atoms with van der Waals surface area (Å²) in [5, 5.41) is 0. The summed E-state index contributed by atoms with van der Waals surface area (Å²) in [5.41, 5.74) is 19.3. The Balaban J connectivity index is 2.11. The third-order valence-electron chi connectivity index (χ3n) is 3.46. The fourth-order valence-corrected chi connectivity index (χ4v) is 3.06. The van der Waals surface area contributed by atoms with E-state index in [4.69, 9.17) is 11.5 Å². The molecule has 2 rings (SSSR count). The molecule has 0 spiro atoms. The zero-order valence-corrected chi connectivity index (χ0v) is 12.5. The van der Waals surface area contributed by atoms with Crippen LogP contribution < -0.4 is 22.3 Å². The van der Waals surface area contributed by atoms with E-state index < -0.39 is 16.2 Å². The molecule has 21 heavy (non-hydrogen) atoms. The molecule has 0 amide bonds. The van der Waals surface area contributed by atoms with Gasteiger partial charge >= 0.3 is 0 Å². The molecule has 2 aliphatic rings. The van der Waals surface area contributed by atoms with E-state index >= 15 is 0 Å². The van der Waals surface area contributed by atoms with E-state index in [2.05, 4.69) is 10.9 Å². The molecule has 0 aliphatic heterocycles. The van der Waals surface area contributed by atoms with E-state index in [1.165, 1.54) is 0 Å². The van der Waals surface area contributed by atoms with Crippen LogP contribution in [0.25, 0.3) is 0 Å². The minimum absolute atomic E-state index is 0.00329. The molecule has 2 atom stereocenters. The predicted molar refractivity (Wildman–Crippen MR) is 81.0 cm³/mol. The zero-order valence-electron chi connectivity index (χ0n) is 11.7. The Morgan fingerprint density at radius 3 is 2.76 bits per heavy atom. The number of allylic oxidation sites excluding steroid dienone is 2. The minimum atomic E-state index is -4.28. The van der Waals surface area contributed by atoms with Gasteiger partial charge in [0.25, 0.3) is 10.1 Å². The van der Waals surface area contributed by atoms with Gasteiger partial charge in [-0.15, -0.1) is 0 Å². The summed E-state index contributed by atoms with van der Waals surface area (Å²) in [7, 11) is -4.28. The molecule has 2 unspecified atom stereocenters. The number of hydrazine groups is 1. The van der Waals surface area contributed by atoms with Crippen molar-refractivity contribution in [2.24, 2.45) is 11.5 Å². The van der Waals surface area contributed by atoms with Gasteiger partial charge in [0.05, 0.1) is 16.6 Å². The standard InChI is InChI=1S/C13H20N4O3S/c1-8-6-9(14)2-4-11(8)16-17-12-5-3-10(15)7-13(12)21(18,19)20/h2-3,5-6,10-11,16-17H,4,7,14-15H2,1H3,(H,18,19,20). The normalized spacial score (nSPS) is 26.4. The molecular formula is C13H20N4O3S. The summed E-state index contributed by atoms with van der Waals surface area (Å²) < 4.78 is 32.1. The molecule has 0 aromatic heterocycles. The minimum Gasteiger partial charge on any atom is -0.399 e. The fraction of sp³-hybridized carbons (Fsp3) is 0.385. The van der Waals surface area contributed by atoms with Gasteiger partial charge < -0.3 is 16.9 Å². The molecule has 0 bridgehead atoms. The van der Waals surface area contributed by atoms with E-state index in [0.717, 1.165) is 5.57 Å². The maximum atomic E-state index is 11.4. The molecule has 116 valence electrons. The lowest BCUT2D eigenvalue weighted by atomic mass is 9.99. The van der Waals surface area contributed by atoms with Gasteiger partial charge in [0.1, 0.15) is 0 Å². The maximum absolute atomic E-state index is 11.4. The van der Waals surface area contributed by atoms with Crippen LogP contribution in [0.3, 0.4) is 0 Å². The Morgan fingerprint density at radius 1 is 1.43 bits per heavy atom. The van der Waals surface area contributed by atoms with Crippen LogP contribution in [0.1, 0.15) is 19.8 Å². The molecule has 2 aliphatic carbocycles. The van der Waals surface area contributed by atoms with Crippen molar-refractivity contribution < 1.29 is 13.0 Å². The second-order valence-electron chi connectivity index (χ2n) is 5.19. The van der Waals surface area contributed by atoms with Gasteiger partial charge in [-0.25, -0.2) is 5.43 Å². The Labute approximate surface area is 124 Å². The number of nitrogens with one attached hydrogen (secondary N) is 2. The van der Waals surface area contributed by atoms with Crippen LogP contribution in [0, 0.1) is 0 Å². The van der Waals surface area contributed by atoms with E-state index in [1.54, 1.807) is 12.2 Å². The summed E-state index contributed by atoms with van der Waals surface area (Å²) in [6.07, 6.45) is 7.73. The summed E-state index contributed by atoms with van der Waals surface area (Å²) >= 11 is 0. The third kappa shape index (κ3) is 3.94. The smallest absolute Gasteiger partial charge is 0.292 e. The molecule has 0 heterocycles. The van der Waals surface area contributed by atoms with Crippen LogP contribution in [0.15, 0.2) is 46.2 Å². The molecule has 0 aromatic carbocycles. The first-order chi connectivity index (χ1) is 9.77. The Kier molecular flexibility index (Phi) is 4.52. The number of rotatable bonds is 4. The summed E-state index contributed by atoms with van der Waals surface area (Å²) in [6.45, 7) is 1.93.